The van der Waals surface area contributed by atoms with Crippen LogP contribution in [0, 0.1) is 0 Å². The summed E-state index contributed by atoms with van der Waals surface area (Å²) in [5.41, 5.74) is 1.37. The molecule has 0 saturated heterocycles. The molecule has 0 bridgehead atoms. The van der Waals surface area contributed by atoms with Gasteiger partial charge in [0.1, 0.15) is 0 Å². The lowest BCUT2D eigenvalue weighted by Gasteiger charge is -2.18. The maximum Gasteiger partial charge on any atom is 0.328 e. The topological polar surface area (TPSA) is 93.5 Å². The van der Waals surface area contributed by atoms with Crippen LogP contribution in [0.2, 0.25) is 0 Å². The summed E-state index contributed by atoms with van der Waals surface area (Å²) in [7, 11) is 1.39. The number of hydrogen-bond donors (Lipinski definition) is 2. The number of rotatable bonds is 6. The molecule has 1 aromatic carbocycles. The number of nitrogens with one attached hydrogen (secondary N) is 1. The van der Waals surface area contributed by atoms with Crippen molar-refractivity contribution in [3.8, 4) is 5.69 Å². The van der Waals surface area contributed by atoms with Crippen molar-refractivity contribution < 1.29 is 19.4 Å². The number of nitrogens with zero attached hydrogens (tertiary/aromatic N) is 2. The third kappa shape index (κ3) is 4.45. The highest BCUT2D eigenvalue weighted by atomic mass is 16.5. The van der Waals surface area contributed by atoms with Gasteiger partial charge in [-0.2, -0.15) is 5.10 Å². The van der Waals surface area contributed by atoms with Gasteiger partial charge >= 0.3 is 5.97 Å². The molecule has 2 N–H and O–H groups in total. The minimum atomic E-state index is -1.15. The molecule has 0 spiro atoms. The quantitative estimate of drug-likeness (QED) is 0.835. The molecule has 25 heavy (non-hydrogen) atoms. The first kappa shape index (κ1) is 18.7. The van der Waals surface area contributed by atoms with E-state index in [9.17, 15) is 14.7 Å². The number of carbonyl (C=O) groups excluding carboxylic acids is 1. The van der Waals surface area contributed by atoms with Gasteiger partial charge < -0.3 is 15.2 Å². The molecule has 1 aromatic heterocycles. The van der Waals surface area contributed by atoms with Gasteiger partial charge in [-0.15, -0.1) is 0 Å². The molecule has 0 radical (unpaired) electrons. The minimum absolute atomic E-state index is 0.112. The summed E-state index contributed by atoms with van der Waals surface area (Å²) in [5.74, 6) is -1.64. The molecule has 2 rings (SSSR count). The SMILES string of the molecule is COCC(NC(=O)c1cn(-c2ccccc2)nc1C(C)(C)C)C(=O)O. The average Bonchev–Trinajstić information content (AvgIpc) is 3.01. The van der Waals surface area contributed by atoms with Crippen LogP contribution in [0.25, 0.3) is 5.69 Å². The molecule has 0 aliphatic heterocycles. The fraction of sp³-hybridized carbons (Fsp3) is 0.389. The van der Waals surface area contributed by atoms with Crippen LogP contribution in [-0.2, 0) is 14.9 Å². The van der Waals surface area contributed by atoms with Crippen LogP contribution < -0.4 is 5.32 Å². The number of carboxylic acids is 1. The number of ether oxygens (including phenoxy) is 1. The highest BCUT2D eigenvalue weighted by Gasteiger charge is 2.29. The van der Waals surface area contributed by atoms with Crippen molar-refractivity contribution >= 4 is 11.9 Å². The molecule has 0 fully saturated rings. The smallest absolute Gasteiger partial charge is 0.328 e. The van der Waals surface area contributed by atoms with Crippen LogP contribution in [0.15, 0.2) is 36.5 Å². The number of amides is 1. The van der Waals surface area contributed by atoms with Crippen molar-refractivity contribution in [1.29, 1.82) is 0 Å². The van der Waals surface area contributed by atoms with Crippen LogP contribution in [-0.4, -0.2) is 46.5 Å². The zero-order chi connectivity index (χ0) is 18.6. The van der Waals surface area contributed by atoms with Crippen LogP contribution in [0.4, 0.5) is 0 Å². The van der Waals surface area contributed by atoms with Gasteiger partial charge in [0, 0.05) is 18.7 Å². The van der Waals surface area contributed by atoms with Gasteiger partial charge in [-0.3, -0.25) is 4.79 Å². The van der Waals surface area contributed by atoms with E-state index in [0.29, 0.717) is 11.3 Å². The number of carboxylic acid groups (broad SMARTS) is 1. The molecule has 0 aliphatic carbocycles. The van der Waals surface area contributed by atoms with E-state index in [0.717, 1.165) is 5.69 Å². The molecular weight excluding hydrogens is 322 g/mol. The number of para-hydroxylation sites is 1. The molecular formula is C18H23N3O4. The molecule has 7 heteroatoms. The Morgan fingerprint density at radius 3 is 2.44 bits per heavy atom. The third-order valence-corrected chi connectivity index (χ3v) is 3.63. The normalized spacial score (nSPS) is 12.6. The Hall–Kier alpha value is -2.67. The van der Waals surface area contributed by atoms with Crippen molar-refractivity contribution in [2.24, 2.45) is 0 Å². The highest BCUT2D eigenvalue weighted by molar-refractivity contribution is 5.97. The lowest BCUT2D eigenvalue weighted by Crippen LogP contribution is -2.44. The first-order valence-electron chi connectivity index (χ1n) is 7.92. The van der Waals surface area contributed by atoms with Gasteiger partial charge in [-0.25, -0.2) is 9.48 Å². The fourth-order valence-corrected chi connectivity index (χ4v) is 2.38. The standard InChI is InChI=1S/C18H23N3O4/c1-18(2,3)15-13(16(22)19-14(11-25-4)17(23)24)10-21(20-15)12-8-6-5-7-9-12/h5-10,14H,11H2,1-4H3,(H,19,22)(H,23,24). The Kier molecular flexibility index (Phi) is 5.58. The van der Waals surface area contributed by atoms with Crippen molar-refractivity contribution in [2.45, 2.75) is 32.2 Å². The number of methoxy groups -OCH3 is 1. The first-order chi connectivity index (χ1) is 11.7. The number of benzene rings is 1. The largest absolute Gasteiger partial charge is 0.480 e. The van der Waals surface area contributed by atoms with Crippen LogP contribution in [0.3, 0.4) is 0 Å². The summed E-state index contributed by atoms with van der Waals surface area (Å²) in [6.07, 6.45) is 1.62. The second kappa shape index (κ2) is 7.48. The highest BCUT2D eigenvalue weighted by Crippen LogP contribution is 2.25. The second-order valence-electron chi connectivity index (χ2n) is 6.74. The van der Waals surface area contributed by atoms with E-state index in [1.165, 1.54) is 7.11 Å². The van der Waals surface area contributed by atoms with Crippen LogP contribution in [0.1, 0.15) is 36.8 Å². The third-order valence-electron chi connectivity index (χ3n) is 3.63. The monoisotopic (exact) mass is 345 g/mol. The summed E-state index contributed by atoms with van der Waals surface area (Å²) in [5, 5.41) is 16.2. The van der Waals surface area contributed by atoms with Gasteiger partial charge in [0.15, 0.2) is 6.04 Å². The van der Waals surface area contributed by atoms with E-state index in [1.54, 1.807) is 10.9 Å². The zero-order valence-electron chi connectivity index (χ0n) is 14.8. The van der Waals surface area contributed by atoms with Crippen molar-refractivity contribution in [3.63, 3.8) is 0 Å². The molecule has 1 unspecified atom stereocenters. The molecule has 1 heterocycles. The molecule has 134 valence electrons. The van der Waals surface area contributed by atoms with Gasteiger partial charge in [-0.1, -0.05) is 39.0 Å². The summed E-state index contributed by atoms with van der Waals surface area (Å²) < 4.78 is 6.48. The van der Waals surface area contributed by atoms with Crippen molar-refractivity contribution in [2.75, 3.05) is 13.7 Å². The average molecular weight is 345 g/mol. The van der Waals surface area contributed by atoms with Gasteiger partial charge in [0.25, 0.3) is 5.91 Å². The molecule has 7 nitrogen and oxygen atoms in total. The van der Waals surface area contributed by atoms with E-state index in [2.05, 4.69) is 10.4 Å². The Bertz CT molecular complexity index is 747. The van der Waals surface area contributed by atoms with E-state index in [1.807, 2.05) is 51.1 Å². The Balaban J connectivity index is 2.40. The summed E-state index contributed by atoms with van der Waals surface area (Å²) in [4.78, 5) is 23.9. The fourth-order valence-electron chi connectivity index (χ4n) is 2.38. The van der Waals surface area contributed by atoms with Crippen molar-refractivity contribution in [3.05, 3.63) is 47.8 Å². The lowest BCUT2D eigenvalue weighted by atomic mass is 9.89. The van der Waals surface area contributed by atoms with Crippen molar-refractivity contribution in [1.82, 2.24) is 15.1 Å². The predicted molar refractivity (Wildman–Crippen MR) is 93.0 cm³/mol. The minimum Gasteiger partial charge on any atom is -0.480 e. The molecule has 0 aliphatic rings. The van der Waals surface area contributed by atoms with E-state index >= 15 is 0 Å². The van der Waals surface area contributed by atoms with E-state index in [4.69, 9.17) is 4.74 Å². The second-order valence-corrected chi connectivity index (χ2v) is 6.74. The summed E-state index contributed by atoms with van der Waals surface area (Å²) in [6, 6.07) is 8.30. The zero-order valence-corrected chi connectivity index (χ0v) is 14.8. The Labute approximate surface area is 146 Å². The number of hydrogen-bond acceptors (Lipinski definition) is 4. The molecule has 0 saturated carbocycles. The maximum atomic E-state index is 12.7. The lowest BCUT2D eigenvalue weighted by molar-refractivity contribution is -0.140. The van der Waals surface area contributed by atoms with Gasteiger partial charge in [-0.05, 0) is 12.1 Å². The molecule has 1 atom stereocenters. The van der Waals surface area contributed by atoms with Crippen LogP contribution in [0.5, 0.6) is 0 Å². The summed E-state index contributed by atoms with van der Waals surface area (Å²) in [6.45, 7) is 5.74. The summed E-state index contributed by atoms with van der Waals surface area (Å²) >= 11 is 0. The predicted octanol–water partition coefficient (Wildman–Crippen LogP) is 2.00. The first-order valence-corrected chi connectivity index (χ1v) is 7.92. The van der Waals surface area contributed by atoms with E-state index < -0.39 is 17.9 Å². The Morgan fingerprint density at radius 1 is 1.28 bits per heavy atom. The number of carbonyl (C=O) groups is 2. The van der Waals surface area contributed by atoms with Crippen LogP contribution >= 0.6 is 0 Å². The van der Waals surface area contributed by atoms with E-state index in [-0.39, 0.29) is 12.0 Å². The number of aliphatic carboxylic acids is 1. The number of aromatic nitrogens is 2. The maximum absolute atomic E-state index is 12.7. The van der Waals surface area contributed by atoms with Gasteiger partial charge in [0.05, 0.1) is 23.6 Å². The molecule has 1 amide bonds. The van der Waals surface area contributed by atoms with Gasteiger partial charge in [0.2, 0.25) is 0 Å². The molecule has 2 aromatic rings. The Morgan fingerprint density at radius 2 is 1.92 bits per heavy atom.